The Morgan fingerprint density at radius 2 is 0.973 bits per heavy atom. The van der Waals surface area contributed by atoms with Gasteiger partial charge in [-0.25, -0.2) is 0 Å². The maximum Gasteiger partial charge on any atom is 0.313 e. The van der Waals surface area contributed by atoms with Crippen molar-refractivity contribution < 1.29 is 55.2 Å². The molecule has 0 rings (SSSR count). The minimum absolute atomic E-state index is 0.103. The van der Waals surface area contributed by atoms with Crippen LogP contribution in [0.3, 0.4) is 0 Å². The molecule has 0 fully saturated rings. The maximum absolute atomic E-state index is 10.4. The first-order valence-corrected chi connectivity index (χ1v) is 15.2. The van der Waals surface area contributed by atoms with Gasteiger partial charge in [-0.05, 0) is 27.7 Å². The summed E-state index contributed by atoms with van der Waals surface area (Å²) in [5.74, 6) is 0.292. The second-order valence-corrected chi connectivity index (χ2v) is 10.1. The molecule has 0 aromatic heterocycles. The van der Waals surface area contributed by atoms with Gasteiger partial charge in [0.15, 0.2) is 0 Å². The number of carbonyl (C=O) groups excluding carboxylic acids is 4. The Balaban J connectivity index is -0.000000534. The number of unbranched alkanes of at least 4 members (excludes halogenated alkanes) is 2. The van der Waals surface area contributed by atoms with Gasteiger partial charge in [-0.15, -0.1) is 0 Å². The molecule has 0 heterocycles. The molecule has 0 aliphatic heterocycles. The normalized spacial score (nSPS) is 11.6. The molecule has 218 valence electrons. The van der Waals surface area contributed by atoms with Gasteiger partial charge >= 0.3 is 143 Å². The van der Waals surface area contributed by atoms with Gasteiger partial charge in [-0.1, -0.05) is 0 Å². The topological polar surface area (TPSA) is 105 Å². The van der Waals surface area contributed by atoms with Crippen molar-refractivity contribution in [3.05, 3.63) is 0 Å². The van der Waals surface area contributed by atoms with E-state index < -0.39 is 31.9 Å². The molecule has 37 heavy (non-hydrogen) atoms. The number of carbonyl (C=O) groups is 4. The zero-order valence-electron chi connectivity index (χ0n) is 24.8. The van der Waals surface area contributed by atoms with E-state index in [9.17, 15) is 19.2 Å². The van der Waals surface area contributed by atoms with Crippen LogP contribution in [0.5, 0.6) is 0 Å². The average molecular weight is 567 g/mol. The zero-order valence-corrected chi connectivity index (χ0v) is 26.4. The first kappa shape index (κ1) is 40.4. The molecular formula is C28H54O8Ti. The van der Waals surface area contributed by atoms with Crippen molar-refractivity contribution in [1.29, 1.82) is 0 Å². The number of ether oxygens (including phenoxy) is 2. The number of hydrogen-bond acceptors (Lipinski definition) is 8. The van der Waals surface area contributed by atoms with Crippen molar-refractivity contribution in [3.63, 3.8) is 0 Å². The monoisotopic (exact) mass is 566 g/mol. The Bertz CT molecular complexity index is 520. The van der Waals surface area contributed by atoms with E-state index in [-0.39, 0.29) is 24.4 Å². The van der Waals surface area contributed by atoms with Crippen LogP contribution in [0.25, 0.3) is 0 Å². The summed E-state index contributed by atoms with van der Waals surface area (Å²) in [6.45, 7) is 17.7. The third kappa shape index (κ3) is 34.9. The van der Waals surface area contributed by atoms with Gasteiger partial charge in [0.2, 0.25) is 0 Å². The summed E-state index contributed by atoms with van der Waals surface area (Å²) in [5.41, 5.74) is 0. The summed E-state index contributed by atoms with van der Waals surface area (Å²) < 4.78 is 20.6. The predicted molar refractivity (Wildman–Crippen MR) is 142 cm³/mol. The van der Waals surface area contributed by atoms with Crippen molar-refractivity contribution >= 4 is 23.5 Å². The molecule has 0 spiro atoms. The number of esters is 2. The standard InChI is InChI=1S/2C8H17O.2C6H10O3.Ti/c2*1-3-5-6-8(4-2)7-9;2*1-3-9-6(8)4-5(2)7;/h2*8H,3-7H2,1-2H3;2*3-4H2,1-2H3;/q2*-1;;;+2. The van der Waals surface area contributed by atoms with Crippen LogP contribution in [-0.2, 0) is 55.2 Å². The van der Waals surface area contributed by atoms with Crippen LogP contribution in [0, 0.1) is 11.8 Å². The fourth-order valence-corrected chi connectivity index (χ4v) is 4.05. The Morgan fingerprint density at radius 1 is 0.622 bits per heavy atom. The van der Waals surface area contributed by atoms with E-state index in [1.807, 2.05) is 0 Å². The van der Waals surface area contributed by atoms with E-state index in [0.717, 1.165) is 25.0 Å². The van der Waals surface area contributed by atoms with Crippen LogP contribution in [0.15, 0.2) is 0 Å². The van der Waals surface area contributed by atoms with Crippen LogP contribution in [-0.4, -0.2) is 49.9 Å². The summed E-state index contributed by atoms with van der Waals surface area (Å²) in [4.78, 5) is 41.3. The first-order chi connectivity index (χ1) is 17.6. The van der Waals surface area contributed by atoms with Gasteiger partial charge in [-0.3, -0.25) is 19.2 Å². The zero-order chi connectivity index (χ0) is 28.9. The molecule has 0 aromatic rings. The van der Waals surface area contributed by atoms with Crippen molar-refractivity contribution in [2.24, 2.45) is 11.8 Å². The first-order valence-electron chi connectivity index (χ1n) is 13.9. The van der Waals surface area contributed by atoms with Gasteiger partial charge in [0.25, 0.3) is 0 Å². The second kappa shape index (κ2) is 31.1. The Hall–Kier alpha value is -1.09. The second-order valence-electron chi connectivity index (χ2n) is 8.91. The van der Waals surface area contributed by atoms with Crippen LogP contribution in [0.2, 0.25) is 0 Å². The largest absolute Gasteiger partial charge is 0.466 e. The van der Waals surface area contributed by atoms with E-state index in [4.69, 9.17) is 6.64 Å². The van der Waals surface area contributed by atoms with Gasteiger partial charge in [-0.2, -0.15) is 0 Å². The van der Waals surface area contributed by atoms with Crippen LogP contribution < -0.4 is 0 Å². The quantitative estimate of drug-likeness (QED) is 0.0719. The summed E-state index contributed by atoms with van der Waals surface area (Å²) in [5, 5.41) is 0. The maximum atomic E-state index is 10.4. The van der Waals surface area contributed by atoms with E-state index >= 15 is 0 Å². The molecule has 9 heteroatoms. The van der Waals surface area contributed by atoms with Crippen LogP contribution in [0.1, 0.15) is 120 Å². The molecule has 0 radical (unpaired) electrons. The molecule has 0 N–H and O–H groups in total. The molecule has 0 saturated carbocycles. The average Bonchev–Trinajstić information content (AvgIpc) is 2.83. The van der Waals surface area contributed by atoms with E-state index in [2.05, 4.69) is 37.2 Å². The third-order valence-corrected chi connectivity index (χ3v) is 6.13. The predicted octanol–water partition coefficient (Wildman–Crippen LogP) is 6.42. The molecule has 0 aromatic carbocycles. The number of Topliss-reactive ketones (excluding diaryl/α,β-unsaturated/α-hetero) is 2. The molecule has 0 amide bonds. The van der Waals surface area contributed by atoms with Crippen molar-refractivity contribution in [3.8, 4) is 0 Å². The summed E-state index contributed by atoms with van der Waals surface area (Å²) in [7, 11) is 0. The van der Waals surface area contributed by atoms with Gasteiger partial charge in [0.05, 0.1) is 13.2 Å². The number of rotatable bonds is 20. The van der Waals surface area contributed by atoms with Crippen molar-refractivity contribution in [1.82, 2.24) is 0 Å². The minimum Gasteiger partial charge on any atom is -0.466 e. The summed E-state index contributed by atoms with van der Waals surface area (Å²) >= 11 is -0.618. The van der Waals surface area contributed by atoms with Crippen molar-refractivity contribution in [2.75, 3.05) is 26.4 Å². The fraction of sp³-hybridized carbons (Fsp3) is 0.857. The fourth-order valence-electron chi connectivity index (χ4n) is 2.97. The van der Waals surface area contributed by atoms with Crippen LogP contribution >= 0.6 is 0 Å². The van der Waals surface area contributed by atoms with Gasteiger partial charge in [0, 0.05) is 0 Å². The molecule has 0 aliphatic rings. The minimum atomic E-state index is -0.618. The summed E-state index contributed by atoms with van der Waals surface area (Å²) in [6, 6.07) is 0. The van der Waals surface area contributed by atoms with E-state index in [1.54, 1.807) is 13.8 Å². The van der Waals surface area contributed by atoms with E-state index in [1.165, 1.54) is 65.2 Å². The Morgan fingerprint density at radius 3 is 1.22 bits per heavy atom. The SMILES string of the molecule is CCCCC(CC)C[O][Ti][O]CC(CC)CCCC.CCOC(=O)CC(C)=O.CCOC(=O)CC(C)=O. The number of ketones is 2. The van der Waals surface area contributed by atoms with Crippen molar-refractivity contribution in [2.45, 2.75) is 120 Å². The molecule has 0 bridgehead atoms. The van der Waals surface area contributed by atoms with Crippen LogP contribution in [0.4, 0.5) is 0 Å². The molecule has 0 saturated heterocycles. The molecule has 0 aliphatic carbocycles. The molecule has 8 nitrogen and oxygen atoms in total. The van der Waals surface area contributed by atoms with Gasteiger partial charge in [0.1, 0.15) is 24.4 Å². The molecular weight excluding hydrogens is 512 g/mol. The molecule has 2 unspecified atom stereocenters. The third-order valence-electron chi connectivity index (χ3n) is 5.24. The Labute approximate surface area is 236 Å². The Kier molecular flexibility index (Phi) is 34.0. The summed E-state index contributed by atoms with van der Waals surface area (Å²) in [6.07, 6.45) is 10.1. The number of hydrogen-bond donors (Lipinski definition) is 0. The van der Waals surface area contributed by atoms with E-state index in [0.29, 0.717) is 13.2 Å². The smallest absolute Gasteiger partial charge is 0.313 e. The molecule has 2 atom stereocenters. The van der Waals surface area contributed by atoms with Gasteiger partial charge < -0.3 is 9.47 Å².